The third-order valence-corrected chi connectivity index (χ3v) is 6.11. The Morgan fingerprint density at radius 2 is 1.93 bits per heavy atom. The van der Waals surface area contributed by atoms with Crippen LogP contribution in [0.25, 0.3) is 16.6 Å². The number of carbonyl (C=O) groups is 1. The first-order chi connectivity index (χ1) is 14.6. The van der Waals surface area contributed by atoms with Crippen LogP contribution in [0.2, 0.25) is 0 Å². The Kier molecular flexibility index (Phi) is 5.90. The van der Waals surface area contributed by atoms with E-state index in [9.17, 15) is 4.79 Å². The van der Waals surface area contributed by atoms with Gasteiger partial charge in [0.1, 0.15) is 5.75 Å². The number of benzene rings is 2. The van der Waals surface area contributed by atoms with E-state index in [1.165, 1.54) is 22.9 Å². The fourth-order valence-corrected chi connectivity index (χ4v) is 4.31. The summed E-state index contributed by atoms with van der Waals surface area (Å²) in [5, 5.41) is 13.4. The van der Waals surface area contributed by atoms with Crippen LogP contribution in [0.4, 0.5) is 0 Å². The Morgan fingerprint density at radius 3 is 2.73 bits per heavy atom. The molecule has 0 aliphatic heterocycles. The second-order valence-electron chi connectivity index (χ2n) is 7.20. The molecule has 0 aliphatic rings. The van der Waals surface area contributed by atoms with Crippen LogP contribution in [0.5, 0.6) is 5.75 Å². The molecule has 2 heterocycles. The standard InChI is InChI=1S/C23H24N4O2S/c1-15-6-4-5-7-17(15)10-11-24-22(28)14-30-23-26-25-21-12-16(2)19-9-8-18(29-3)13-20(19)27(21)23/h4-9,12-13H,10-11,14H2,1-3H3,(H,24,28). The first kappa shape index (κ1) is 20.2. The van der Waals surface area contributed by atoms with E-state index in [0.29, 0.717) is 11.7 Å². The SMILES string of the molecule is COc1ccc2c(C)cc3nnc(SCC(=O)NCCc4ccccc4C)n3c2c1. The Labute approximate surface area is 179 Å². The van der Waals surface area contributed by atoms with Gasteiger partial charge in [-0.15, -0.1) is 10.2 Å². The lowest BCUT2D eigenvalue weighted by atomic mass is 10.1. The highest BCUT2D eigenvalue weighted by molar-refractivity contribution is 7.99. The van der Waals surface area contributed by atoms with Crippen molar-refractivity contribution in [1.29, 1.82) is 0 Å². The lowest BCUT2D eigenvalue weighted by Crippen LogP contribution is -2.27. The lowest BCUT2D eigenvalue weighted by Gasteiger charge is -2.10. The number of nitrogens with one attached hydrogen (secondary N) is 1. The largest absolute Gasteiger partial charge is 0.497 e. The lowest BCUT2D eigenvalue weighted by molar-refractivity contribution is -0.118. The number of pyridine rings is 1. The number of hydrogen-bond acceptors (Lipinski definition) is 5. The molecule has 0 saturated carbocycles. The summed E-state index contributed by atoms with van der Waals surface area (Å²) in [4.78, 5) is 12.4. The minimum Gasteiger partial charge on any atom is -0.497 e. The van der Waals surface area contributed by atoms with E-state index in [1.807, 2.05) is 40.8 Å². The van der Waals surface area contributed by atoms with E-state index in [2.05, 4.69) is 41.5 Å². The average molecular weight is 421 g/mol. The average Bonchev–Trinajstić information content (AvgIpc) is 3.16. The molecule has 0 saturated heterocycles. The highest BCUT2D eigenvalue weighted by Crippen LogP contribution is 2.28. The van der Waals surface area contributed by atoms with Crippen molar-refractivity contribution in [3.63, 3.8) is 0 Å². The Balaban J connectivity index is 1.47. The minimum atomic E-state index is -0.0145. The number of ether oxygens (including phenoxy) is 1. The van der Waals surface area contributed by atoms with Gasteiger partial charge in [-0.1, -0.05) is 36.0 Å². The van der Waals surface area contributed by atoms with E-state index in [4.69, 9.17) is 4.74 Å². The van der Waals surface area contributed by atoms with E-state index in [1.54, 1.807) is 7.11 Å². The number of fused-ring (bicyclic) bond motifs is 3. The molecule has 0 unspecified atom stereocenters. The van der Waals surface area contributed by atoms with Gasteiger partial charge in [-0.05, 0) is 55.2 Å². The molecule has 1 N–H and O–H groups in total. The summed E-state index contributed by atoms with van der Waals surface area (Å²) < 4.78 is 7.37. The van der Waals surface area contributed by atoms with Crippen molar-refractivity contribution in [2.75, 3.05) is 19.4 Å². The number of rotatable bonds is 7. The van der Waals surface area contributed by atoms with Gasteiger partial charge in [0.05, 0.1) is 18.4 Å². The number of amides is 1. The van der Waals surface area contributed by atoms with E-state index >= 15 is 0 Å². The first-order valence-corrected chi connectivity index (χ1v) is 10.8. The van der Waals surface area contributed by atoms with Gasteiger partial charge < -0.3 is 10.1 Å². The van der Waals surface area contributed by atoms with E-state index < -0.39 is 0 Å². The van der Waals surface area contributed by atoms with Gasteiger partial charge in [0.2, 0.25) is 5.91 Å². The zero-order valence-corrected chi connectivity index (χ0v) is 18.1. The number of nitrogens with zero attached hydrogens (tertiary/aromatic N) is 3. The smallest absolute Gasteiger partial charge is 0.230 e. The minimum absolute atomic E-state index is 0.0145. The molecule has 7 heteroatoms. The molecule has 6 nitrogen and oxygen atoms in total. The van der Waals surface area contributed by atoms with Crippen LogP contribution < -0.4 is 10.1 Å². The molecule has 4 aromatic rings. The van der Waals surface area contributed by atoms with Crippen molar-refractivity contribution in [1.82, 2.24) is 19.9 Å². The topological polar surface area (TPSA) is 68.5 Å². The summed E-state index contributed by atoms with van der Waals surface area (Å²) >= 11 is 1.38. The van der Waals surface area contributed by atoms with Crippen LogP contribution in [-0.2, 0) is 11.2 Å². The predicted molar refractivity (Wildman–Crippen MR) is 120 cm³/mol. The van der Waals surface area contributed by atoms with Gasteiger partial charge >= 0.3 is 0 Å². The fraction of sp³-hybridized carbons (Fsp3) is 0.261. The number of carbonyl (C=O) groups excluding carboxylic acids is 1. The van der Waals surface area contributed by atoms with Gasteiger partial charge in [0.25, 0.3) is 0 Å². The van der Waals surface area contributed by atoms with Crippen LogP contribution in [0.3, 0.4) is 0 Å². The third-order valence-electron chi connectivity index (χ3n) is 5.18. The molecule has 154 valence electrons. The summed E-state index contributed by atoms with van der Waals surface area (Å²) in [5.41, 5.74) is 5.35. The summed E-state index contributed by atoms with van der Waals surface area (Å²) in [6.45, 7) is 4.76. The Morgan fingerprint density at radius 1 is 1.10 bits per heavy atom. The molecular weight excluding hydrogens is 396 g/mol. The van der Waals surface area contributed by atoms with Gasteiger partial charge in [-0.2, -0.15) is 0 Å². The molecule has 30 heavy (non-hydrogen) atoms. The molecule has 0 atom stereocenters. The zero-order valence-electron chi connectivity index (χ0n) is 17.3. The van der Waals surface area contributed by atoms with Crippen molar-refractivity contribution in [2.45, 2.75) is 25.4 Å². The van der Waals surface area contributed by atoms with Gasteiger partial charge in [-0.3, -0.25) is 9.20 Å². The van der Waals surface area contributed by atoms with Crippen LogP contribution in [0.1, 0.15) is 16.7 Å². The molecular formula is C23H24N4O2S. The van der Waals surface area contributed by atoms with Crippen molar-refractivity contribution >= 4 is 34.2 Å². The van der Waals surface area contributed by atoms with Crippen molar-refractivity contribution in [3.8, 4) is 5.75 Å². The molecule has 2 aromatic carbocycles. The van der Waals surface area contributed by atoms with Crippen molar-refractivity contribution in [3.05, 3.63) is 65.2 Å². The second-order valence-corrected chi connectivity index (χ2v) is 8.14. The predicted octanol–water partition coefficient (Wildman–Crippen LogP) is 3.96. The van der Waals surface area contributed by atoms with Gasteiger partial charge in [0.15, 0.2) is 10.8 Å². The fourth-order valence-electron chi connectivity index (χ4n) is 3.53. The highest BCUT2D eigenvalue weighted by Gasteiger charge is 2.14. The van der Waals surface area contributed by atoms with Gasteiger partial charge in [-0.25, -0.2) is 0 Å². The maximum atomic E-state index is 12.4. The number of methoxy groups -OCH3 is 1. The molecule has 0 bridgehead atoms. The van der Waals surface area contributed by atoms with Gasteiger partial charge in [0, 0.05) is 18.0 Å². The number of hydrogen-bond donors (Lipinski definition) is 1. The maximum absolute atomic E-state index is 12.4. The molecule has 0 radical (unpaired) electrons. The molecule has 4 rings (SSSR count). The Bertz CT molecular complexity index is 1220. The Hall–Kier alpha value is -3.06. The van der Waals surface area contributed by atoms with Crippen molar-refractivity contribution < 1.29 is 9.53 Å². The van der Waals surface area contributed by atoms with Crippen LogP contribution in [0.15, 0.2) is 53.7 Å². The van der Waals surface area contributed by atoms with E-state index in [-0.39, 0.29) is 11.7 Å². The number of thioether (sulfide) groups is 1. The van der Waals surface area contributed by atoms with E-state index in [0.717, 1.165) is 34.3 Å². The summed E-state index contributed by atoms with van der Waals surface area (Å²) in [6, 6.07) is 16.2. The van der Waals surface area contributed by atoms with Crippen molar-refractivity contribution in [2.24, 2.45) is 0 Å². The molecule has 0 spiro atoms. The van der Waals surface area contributed by atoms with Crippen LogP contribution in [-0.4, -0.2) is 39.9 Å². The summed E-state index contributed by atoms with van der Waals surface area (Å²) in [7, 11) is 1.65. The summed E-state index contributed by atoms with van der Waals surface area (Å²) in [5.74, 6) is 1.04. The second kappa shape index (κ2) is 8.75. The number of aryl methyl sites for hydroxylation is 2. The maximum Gasteiger partial charge on any atom is 0.230 e. The zero-order chi connectivity index (χ0) is 21.1. The van der Waals surface area contributed by atoms with Crippen LogP contribution >= 0.6 is 11.8 Å². The quantitative estimate of drug-likeness (QED) is 0.459. The molecule has 2 aromatic heterocycles. The highest BCUT2D eigenvalue weighted by atomic mass is 32.2. The monoisotopic (exact) mass is 420 g/mol. The van der Waals surface area contributed by atoms with Crippen LogP contribution in [0, 0.1) is 13.8 Å². The first-order valence-electron chi connectivity index (χ1n) is 9.83. The number of aromatic nitrogens is 3. The summed E-state index contributed by atoms with van der Waals surface area (Å²) in [6.07, 6.45) is 0.820. The molecule has 0 aliphatic carbocycles. The third kappa shape index (κ3) is 4.11. The molecule has 1 amide bonds. The molecule has 0 fully saturated rings. The normalized spacial score (nSPS) is 11.2.